The monoisotopic (exact) mass is 480 g/mol. The maximum absolute atomic E-state index is 12.8. The molecule has 2 atom stereocenters. The van der Waals surface area contributed by atoms with Crippen LogP contribution in [0.5, 0.6) is 0 Å². The Balaban J connectivity index is 1.62. The molecule has 1 amide bonds. The number of aromatic nitrogens is 1. The molecule has 0 aliphatic heterocycles. The number of fused-ring (bicyclic) bond motifs is 3. The zero-order chi connectivity index (χ0) is 24.2. The minimum absolute atomic E-state index is 0.155. The molecule has 0 saturated heterocycles. The Morgan fingerprint density at radius 2 is 1.76 bits per heavy atom. The minimum atomic E-state index is -2.89. The van der Waals surface area contributed by atoms with E-state index in [0.717, 1.165) is 9.69 Å². The van der Waals surface area contributed by atoms with Gasteiger partial charge in [-0.25, -0.2) is 4.79 Å². The average molecular weight is 481 g/mol. The highest BCUT2D eigenvalue weighted by Crippen LogP contribution is 2.33. The van der Waals surface area contributed by atoms with Crippen molar-refractivity contribution in [1.82, 2.24) is 4.98 Å². The van der Waals surface area contributed by atoms with E-state index in [-0.39, 0.29) is 24.4 Å². The molecule has 0 radical (unpaired) electrons. The van der Waals surface area contributed by atoms with E-state index < -0.39 is 23.3 Å². The average Bonchev–Trinajstić information content (AvgIpc) is 3.20. The quantitative estimate of drug-likeness (QED) is 0.360. The van der Waals surface area contributed by atoms with Crippen molar-refractivity contribution in [2.75, 3.05) is 15.7 Å². The highest BCUT2D eigenvalue weighted by atomic mass is 32.2. The van der Waals surface area contributed by atoms with Crippen LogP contribution in [-0.2, 0) is 20.9 Å². The highest BCUT2D eigenvalue weighted by molar-refractivity contribution is 7.80. The molecule has 2 aromatic heterocycles. The predicted molar refractivity (Wildman–Crippen MR) is 128 cm³/mol. The van der Waals surface area contributed by atoms with Gasteiger partial charge in [-0.05, 0) is 49.7 Å². The number of carboxylic acids is 1. The minimum Gasteiger partial charge on any atom is -0.755 e. The molecule has 2 unspecified atom stereocenters. The molecule has 34 heavy (non-hydrogen) atoms. The van der Waals surface area contributed by atoms with Crippen LogP contribution >= 0.6 is 0 Å². The van der Waals surface area contributed by atoms with Gasteiger partial charge in [-0.15, -0.1) is 0 Å². The number of benzene rings is 2. The Labute approximate surface area is 198 Å². The first-order valence-corrected chi connectivity index (χ1v) is 11.7. The number of carboxylic acid groups (broad SMARTS) is 1. The lowest BCUT2D eigenvalue weighted by Crippen LogP contribution is -2.43. The van der Waals surface area contributed by atoms with Crippen molar-refractivity contribution < 1.29 is 27.9 Å². The number of para-hydroxylation sites is 1. The number of anilines is 2. The van der Waals surface area contributed by atoms with E-state index in [1.807, 2.05) is 18.2 Å². The summed E-state index contributed by atoms with van der Waals surface area (Å²) in [4.78, 5) is 30.4. The van der Waals surface area contributed by atoms with Crippen LogP contribution in [0.3, 0.4) is 0 Å². The van der Waals surface area contributed by atoms with Crippen LogP contribution in [0.1, 0.15) is 19.8 Å². The highest BCUT2D eigenvalue weighted by Gasteiger charge is 2.29. The van der Waals surface area contributed by atoms with Gasteiger partial charge in [-0.3, -0.25) is 18.3 Å². The van der Waals surface area contributed by atoms with Gasteiger partial charge in [-0.2, -0.15) is 0 Å². The van der Waals surface area contributed by atoms with Gasteiger partial charge in [0, 0.05) is 53.1 Å². The first kappa shape index (κ1) is 23.4. The Morgan fingerprint density at radius 1 is 1.06 bits per heavy atom. The van der Waals surface area contributed by atoms with Crippen molar-refractivity contribution >= 4 is 56.5 Å². The van der Waals surface area contributed by atoms with Crippen LogP contribution in [0.4, 0.5) is 11.4 Å². The molecule has 176 valence electrons. The van der Waals surface area contributed by atoms with E-state index in [4.69, 9.17) is 4.42 Å². The number of carbonyl (C=O) groups is 2. The second-order valence-electron chi connectivity index (χ2n) is 7.56. The van der Waals surface area contributed by atoms with Crippen LogP contribution in [0, 0.1) is 0 Å². The Morgan fingerprint density at radius 3 is 2.44 bits per heavy atom. The largest absolute Gasteiger partial charge is 0.755 e. The summed E-state index contributed by atoms with van der Waals surface area (Å²) < 4.78 is 30.9. The van der Waals surface area contributed by atoms with Crippen LogP contribution in [0.15, 0.2) is 71.4 Å². The zero-order valence-corrected chi connectivity index (χ0v) is 19.1. The van der Waals surface area contributed by atoms with Crippen molar-refractivity contribution in [3.8, 4) is 0 Å². The molecule has 0 saturated carbocycles. The van der Waals surface area contributed by atoms with Crippen molar-refractivity contribution in [3.63, 3.8) is 0 Å². The fourth-order valence-electron chi connectivity index (χ4n) is 3.98. The Kier molecular flexibility index (Phi) is 6.90. The molecular weight excluding hydrogens is 458 g/mol. The fourth-order valence-corrected chi connectivity index (χ4v) is 4.67. The van der Waals surface area contributed by atoms with Gasteiger partial charge in [0.15, 0.2) is 0 Å². The number of nitrogens with zero attached hydrogens (tertiary/aromatic N) is 3. The number of carbonyl (C=O) groups excluding carboxylic acids is 1. The number of aliphatic carboxylic acids is 1. The molecule has 0 fully saturated rings. The van der Waals surface area contributed by atoms with Crippen molar-refractivity contribution in [2.45, 2.75) is 25.8 Å². The topological polar surface area (TPSA) is 127 Å². The molecule has 0 aliphatic rings. The van der Waals surface area contributed by atoms with Crippen molar-refractivity contribution in [1.29, 1.82) is 0 Å². The van der Waals surface area contributed by atoms with Crippen LogP contribution < -0.4 is 9.21 Å². The van der Waals surface area contributed by atoms with E-state index in [1.165, 1.54) is 11.0 Å². The number of hydrogen-bond donors (Lipinski definition) is 1. The van der Waals surface area contributed by atoms with E-state index in [2.05, 4.69) is 4.98 Å². The first-order chi connectivity index (χ1) is 16.4. The van der Waals surface area contributed by atoms with Gasteiger partial charge in [0.05, 0.1) is 5.69 Å². The summed E-state index contributed by atoms with van der Waals surface area (Å²) in [5, 5.41) is 11.3. The maximum atomic E-state index is 12.8. The first-order valence-electron chi connectivity index (χ1n) is 10.6. The molecule has 0 spiro atoms. The summed E-state index contributed by atoms with van der Waals surface area (Å²) in [6.07, 6.45) is 2.76. The number of furan rings is 1. The summed E-state index contributed by atoms with van der Waals surface area (Å²) in [6.45, 7) is 2.18. The fraction of sp³-hybridized carbons (Fsp3) is 0.208. The molecule has 10 heteroatoms. The molecular formula is C24H22N3O6S-. The van der Waals surface area contributed by atoms with Gasteiger partial charge in [-0.1, -0.05) is 18.2 Å². The van der Waals surface area contributed by atoms with Crippen LogP contribution in [0.25, 0.3) is 21.9 Å². The molecule has 4 rings (SSSR count). The summed E-state index contributed by atoms with van der Waals surface area (Å²) in [7, 11) is 0. The summed E-state index contributed by atoms with van der Waals surface area (Å²) in [5.74, 6) is -1.66. The Bertz CT molecular complexity index is 1360. The van der Waals surface area contributed by atoms with E-state index in [1.54, 1.807) is 49.6 Å². The maximum Gasteiger partial charge on any atom is 0.327 e. The third-order valence-corrected chi connectivity index (χ3v) is 6.35. The van der Waals surface area contributed by atoms with Gasteiger partial charge in [0.1, 0.15) is 17.2 Å². The predicted octanol–water partition coefficient (Wildman–Crippen LogP) is 3.87. The summed E-state index contributed by atoms with van der Waals surface area (Å²) >= 11 is -2.89. The number of amides is 1. The summed E-state index contributed by atoms with van der Waals surface area (Å²) in [6, 6.07) is 13.9. The molecule has 0 bridgehead atoms. The summed E-state index contributed by atoms with van der Waals surface area (Å²) in [5.41, 5.74) is 2.00. The standard InChI is InChI=1S/C24H23N3O6S/c1-2-26(16-11-13-25-14-12-16)23(28)10-8-20(24(29)30)27(34(31)32)17-7-9-22-19(15-17)18-5-3-4-6-21(18)33-22/h3-7,9,11-15,20H,2,8,10H2,1H3,(H,29,30)(H,31,32)/p-1. The second kappa shape index (κ2) is 10.0. The number of hydrogen-bond acceptors (Lipinski definition) is 6. The van der Waals surface area contributed by atoms with Gasteiger partial charge in [0.2, 0.25) is 5.91 Å². The third kappa shape index (κ3) is 4.63. The van der Waals surface area contributed by atoms with Crippen molar-refractivity contribution in [3.05, 3.63) is 67.0 Å². The third-order valence-electron chi connectivity index (χ3n) is 5.57. The smallest absolute Gasteiger partial charge is 0.327 e. The second-order valence-corrected chi connectivity index (χ2v) is 8.39. The lowest BCUT2D eigenvalue weighted by atomic mass is 10.1. The molecule has 4 aromatic rings. The van der Waals surface area contributed by atoms with Gasteiger partial charge >= 0.3 is 5.97 Å². The number of rotatable bonds is 9. The molecule has 9 nitrogen and oxygen atoms in total. The lowest BCUT2D eigenvalue weighted by Gasteiger charge is -2.32. The van der Waals surface area contributed by atoms with E-state index in [0.29, 0.717) is 28.8 Å². The lowest BCUT2D eigenvalue weighted by molar-refractivity contribution is -0.138. The molecule has 0 aliphatic carbocycles. The molecule has 1 N–H and O–H groups in total. The zero-order valence-electron chi connectivity index (χ0n) is 18.3. The van der Waals surface area contributed by atoms with Crippen LogP contribution in [0.2, 0.25) is 0 Å². The normalized spacial score (nSPS) is 13.0. The number of pyridine rings is 1. The SMILES string of the molecule is CCN(C(=O)CCC(C(=O)O)N(c1ccc2oc3ccccc3c2c1)S(=O)[O-])c1ccncc1. The molecule has 2 aromatic carbocycles. The van der Waals surface area contributed by atoms with Gasteiger partial charge < -0.3 is 19.0 Å². The van der Waals surface area contributed by atoms with E-state index in [9.17, 15) is 23.5 Å². The molecule has 2 heterocycles. The van der Waals surface area contributed by atoms with Crippen molar-refractivity contribution in [2.24, 2.45) is 0 Å². The van der Waals surface area contributed by atoms with Gasteiger partial charge in [0.25, 0.3) is 0 Å². The Hall–Kier alpha value is -3.76. The van der Waals surface area contributed by atoms with Crippen LogP contribution in [-0.4, -0.2) is 43.3 Å². The van der Waals surface area contributed by atoms with E-state index >= 15 is 0 Å².